The topological polar surface area (TPSA) is 125 Å². The lowest BCUT2D eigenvalue weighted by molar-refractivity contribution is -0.277. The van der Waals surface area contributed by atoms with Crippen molar-refractivity contribution >= 4 is 5.69 Å². The van der Waals surface area contributed by atoms with Crippen molar-refractivity contribution in [2.45, 2.75) is 30.7 Å². The third-order valence-corrected chi connectivity index (χ3v) is 2.98. The Labute approximate surface area is 109 Å². The summed E-state index contributed by atoms with van der Waals surface area (Å²) in [5.74, 6) is 0.388. The zero-order chi connectivity index (χ0) is 14.0. The molecule has 1 heterocycles. The second kappa shape index (κ2) is 5.72. The summed E-state index contributed by atoms with van der Waals surface area (Å²) in [4.78, 5) is 0. The maximum Gasteiger partial charge on any atom is 0.229 e. The van der Waals surface area contributed by atoms with Gasteiger partial charge in [0.05, 0.1) is 6.61 Å². The highest BCUT2D eigenvalue weighted by Gasteiger charge is 2.44. The number of ether oxygens (including phenoxy) is 2. The molecular formula is C12H17NO6. The van der Waals surface area contributed by atoms with E-state index in [4.69, 9.17) is 20.3 Å². The van der Waals surface area contributed by atoms with Crippen LogP contribution in [0.3, 0.4) is 0 Å². The predicted molar refractivity (Wildman–Crippen MR) is 65.2 cm³/mol. The molecule has 7 heteroatoms. The molecule has 0 amide bonds. The molecule has 0 bridgehead atoms. The first kappa shape index (κ1) is 14.0. The lowest BCUT2D eigenvalue weighted by Crippen LogP contribution is -2.60. The number of nitrogens with two attached hydrogens (primary N) is 1. The maximum absolute atomic E-state index is 9.77. The van der Waals surface area contributed by atoms with E-state index >= 15 is 0 Å². The highest BCUT2D eigenvalue weighted by molar-refractivity contribution is 5.41. The molecule has 1 fully saturated rings. The number of aliphatic hydroxyl groups excluding tert-OH is 4. The fourth-order valence-corrected chi connectivity index (χ4v) is 1.85. The molecule has 19 heavy (non-hydrogen) atoms. The minimum atomic E-state index is -1.45. The smallest absolute Gasteiger partial charge is 0.229 e. The lowest BCUT2D eigenvalue weighted by Gasteiger charge is -2.39. The first-order valence-electron chi connectivity index (χ1n) is 5.85. The quantitative estimate of drug-likeness (QED) is 0.421. The Bertz CT molecular complexity index is 409. The lowest BCUT2D eigenvalue weighted by atomic mass is 9.99. The highest BCUT2D eigenvalue weighted by Crippen LogP contribution is 2.24. The molecule has 0 aliphatic carbocycles. The number of hydrogen-bond acceptors (Lipinski definition) is 7. The van der Waals surface area contributed by atoms with Gasteiger partial charge in [0.1, 0.15) is 30.2 Å². The third kappa shape index (κ3) is 2.96. The van der Waals surface area contributed by atoms with Gasteiger partial charge in [0, 0.05) is 5.69 Å². The van der Waals surface area contributed by atoms with E-state index in [1.54, 1.807) is 24.3 Å². The summed E-state index contributed by atoms with van der Waals surface area (Å²) in [6.45, 7) is -0.494. The van der Waals surface area contributed by atoms with E-state index in [2.05, 4.69) is 0 Å². The van der Waals surface area contributed by atoms with E-state index in [9.17, 15) is 15.3 Å². The van der Waals surface area contributed by atoms with Crippen molar-refractivity contribution in [2.75, 3.05) is 12.3 Å². The summed E-state index contributed by atoms with van der Waals surface area (Å²) in [6.07, 6.45) is -6.44. The van der Waals surface area contributed by atoms with Crippen LogP contribution in [0.2, 0.25) is 0 Å². The van der Waals surface area contributed by atoms with Crippen molar-refractivity contribution in [2.24, 2.45) is 0 Å². The molecule has 1 aliphatic heterocycles. The Balaban J connectivity index is 2.08. The van der Waals surface area contributed by atoms with Crippen LogP contribution in [-0.2, 0) is 4.74 Å². The highest BCUT2D eigenvalue weighted by atomic mass is 16.7. The van der Waals surface area contributed by atoms with Crippen LogP contribution in [0.15, 0.2) is 24.3 Å². The second-order valence-electron chi connectivity index (χ2n) is 4.38. The maximum atomic E-state index is 9.77. The Morgan fingerprint density at radius 2 is 1.68 bits per heavy atom. The van der Waals surface area contributed by atoms with Crippen LogP contribution in [0.1, 0.15) is 0 Å². The first-order chi connectivity index (χ1) is 9.02. The van der Waals surface area contributed by atoms with Gasteiger partial charge in [-0.25, -0.2) is 0 Å². The van der Waals surface area contributed by atoms with E-state index in [0.29, 0.717) is 11.4 Å². The van der Waals surface area contributed by atoms with Crippen LogP contribution in [0.25, 0.3) is 0 Å². The Morgan fingerprint density at radius 1 is 1.05 bits per heavy atom. The van der Waals surface area contributed by atoms with Crippen molar-refractivity contribution in [3.8, 4) is 5.75 Å². The zero-order valence-corrected chi connectivity index (χ0v) is 10.1. The van der Waals surface area contributed by atoms with Gasteiger partial charge in [-0.15, -0.1) is 0 Å². The average molecular weight is 271 g/mol. The molecule has 106 valence electrons. The molecule has 0 aromatic heterocycles. The molecule has 0 radical (unpaired) electrons. The van der Waals surface area contributed by atoms with Crippen LogP contribution in [0, 0.1) is 0 Å². The summed E-state index contributed by atoms with van der Waals surface area (Å²) in [7, 11) is 0. The summed E-state index contributed by atoms with van der Waals surface area (Å²) >= 11 is 0. The van der Waals surface area contributed by atoms with Gasteiger partial charge in [0.15, 0.2) is 0 Å². The summed E-state index contributed by atoms with van der Waals surface area (Å²) in [5.41, 5.74) is 6.09. The largest absolute Gasteiger partial charge is 0.462 e. The monoisotopic (exact) mass is 271 g/mol. The van der Waals surface area contributed by atoms with Crippen molar-refractivity contribution in [1.82, 2.24) is 0 Å². The van der Waals surface area contributed by atoms with Gasteiger partial charge >= 0.3 is 0 Å². The van der Waals surface area contributed by atoms with Crippen molar-refractivity contribution < 1.29 is 29.9 Å². The minimum absolute atomic E-state index is 0.388. The Kier molecular flexibility index (Phi) is 4.23. The van der Waals surface area contributed by atoms with Gasteiger partial charge in [-0.3, -0.25) is 0 Å². The SMILES string of the molecule is Nc1ccc(O[C@@H]2O[C@H](CO)[C@H](O)[C@@H](O)[C@H]2O)cc1. The normalized spacial score (nSPS) is 35.1. The van der Waals surface area contributed by atoms with E-state index in [0.717, 1.165) is 0 Å². The summed E-state index contributed by atoms with van der Waals surface area (Å²) in [6, 6.07) is 6.38. The third-order valence-electron chi connectivity index (χ3n) is 2.98. The molecule has 0 unspecified atom stereocenters. The van der Waals surface area contributed by atoms with Crippen molar-refractivity contribution in [3.05, 3.63) is 24.3 Å². The molecular weight excluding hydrogens is 254 g/mol. The molecule has 1 aromatic carbocycles. The van der Waals surface area contributed by atoms with E-state index in [-0.39, 0.29) is 0 Å². The second-order valence-corrected chi connectivity index (χ2v) is 4.38. The standard InChI is InChI=1S/C12H17NO6/c13-6-1-3-7(4-2-6)18-12-11(17)10(16)9(15)8(5-14)19-12/h1-4,8-12,14-17H,5,13H2/t8-,9+,10-,11-,12-/m1/s1. The van der Waals surface area contributed by atoms with Gasteiger partial charge in [0.2, 0.25) is 6.29 Å². The molecule has 1 aromatic rings. The average Bonchev–Trinajstić information content (AvgIpc) is 2.42. The summed E-state index contributed by atoms with van der Waals surface area (Å²) < 4.78 is 10.6. The predicted octanol–water partition coefficient (Wildman–Crippen LogP) is -1.55. The number of nitrogen functional groups attached to an aromatic ring is 1. The van der Waals surface area contributed by atoms with E-state index < -0.39 is 37.3 Å². The number of benzene rings is 1. The van der Waals surface area contributed by atoms with Gasteiger partial charge in [-0.05, 0) is 24.3 Å². The molecule has 2 rings (SSSR count). The molecule has 0 saturated carbocycles. The molecule has 7 nitrogen and oxygen atoms in total. The summed E-state index contributed by atoms with van der Waals surface area (Å²) in [5, 5.41) is 38.0. The number of anilines is 1. The van der Waals surface area contributed by atoms with Crippen molar-refractivity contribution in [1.29, 1.82) is 0 Å². The van der Waals surface area contributed by atoms with Gasteiger partial charge < -0.3 is 35.6 Å². The van der Waals surface area contributed by atoms with Gasteiger partial charge in [-0.2, -0.15) is 0 Å². The first-order valence-corrected chi connectivity index (χ1v) is 5.85. The van der Waals surface area contributed by atoms with Crippen LogP contribution >= 0.6 is 0 Å². The van der Waals surface area contributed by atoms with Gasteiger partial charge in [0.25, 0.3) is 0 Å². The number of rotatable bonds is 3. The molecule has 1 saturated heterocycles. The van der Waals surface area contributed by atoms with Crippen LogP contribution < -0.4 is 10.5 Å². The number of hydrogen-bond donors (Lipinski definition) is 5. The zero-order valence-electron chi connectivity index (χ0n) is 10.1. The van der Waals surface area contributed by atoms with Crippen molar-refractivity contribution in [3.63, 3.8) is 0 Å². The molecule has 6 N–H and O–H groups in total. The van der Waals surface area contributed by atoms with Crippen LogP contribution in [0.4, 0.5) is 5.69 Å². The number of aliphatic hydroxyl groups is 4. The Hall–Kier alpha value is -1.38. The van der Waals surface area contributed by atoms with E-state index in [1.165, 1.54) is 0 Å². The van der Waals surface area contributed by atoms with E-state index in [1.807, 2.05) is 0 Å². The van der Waals surface area contributed by atoms with Gasteiger partial charge in [-0.1, -0.05) is 0 Å². The molecule has 5 atom stereocenters. The fraction of sp³-hybridized carbons (Fsp3) is 0.500. The van der Waals surface area contributed by atoms with Crippen LogP contribution in [-0.4, -0.2) is 57.7 Å². The molecule has 1 aliphatic rings. The minimum Gasteiger partial charge on any atom is -0.462 e. The fourth-order valence-electron chi connectivity index (χ4n) is 1.85. The molecule has 0 spiro atoms. The van der Waals surface area contributed by atoms with Crippen LogP contribution in [0.5, 0.6) is 5.75 Å². The Morgan fingerprint density at radius 3 is 2.26 bits per heavy atom.